The molecule has 0 bridgehead atoms. The molecule has 1 N–H and O–H groups in total. The Morgan fingerprint density at radius 2 is 1.52 bits per heavy atom. The van der Waals surface area contributed by atoms with E-state index in [1.807, 2.05) is 85.8 Å². The number of rotatable bonds is 11. The summed E-state index contributed by atoms with van der Waals surface area (Å²) in [6.45, 7) is 4.61. The zero-order valence-corrected chi connectivity index (χ0v) is 27.1. The number of benzene rings is 4. The smallest absolute Gasteiger partial charge is 0.338 e. The highest BCUT2D eigenvalue weighted by atomic mass is 32.1. The lowest BCUT2D eigenvalue weighted by Gasteiger charge is -2.26. The number of esters is 1. The van der Waals surface area contributed by atoms with Crippen LogP contribution in [0.4, 0.5) is 0 Å². The highest BCUT2D eigenvalue weighted by Gasteiger charge is 2.35. The number of ether oxygens (including phenoxy) is 3. The van der Waals surface area contributed by atoms with Gasteiger partial charge in [-0.3, -0.25) is 9.36 Å². The number of hydrogen-bond acceptors (Lipinski definition) is 8. The molecule has 0 aliphatic carbocycles. The van der Waals surface area contributed by atoms with Gasteiger partial charge in [0.25, 0.3) is 5.56 Å². The third kappa shape index (κ3) is 6.84. The molecule has 6 rings (SSSR count). The van der Waals surface area contributed by atoms with Crippen LogP contribution in [-0.4, -0.2) is 34.8 Å². The van der Waals surface area contributed by atoms with Crippen molar-refractivity contribution in [3.8, 4) is 11.5 Å². The Bertz CT molecular complexity index is 2150. The zero-order chi connectivity index (χ0) is 33.6. The monoisotopic (exact) mass is 660 g/mol. The number of carboxylic acid groups (broad SMARTS) is 1. The maximum absolute atomic E-state index is 14.2. The number of nitrogens with zero attached hydrogens (tertiary/aromatic N) is 2. The molecule has 1 aliphatic rings. The number of carbonyl (C=O) groups excluding carboxylic acids is 1. The number of carbonyl (C=O) groups is 2. The number of fused-ring (bicyclic) bond motifs is 1. The minimum absolute atomic E-state index is 0.168. The van der Waals surface area contributed by atoms with Gasteiger partial charge in [0.1, 0.15) is 18.1 Å². The van der Waals surface area contributed by atoms with Gasteiger partial charge in [0.05, 0.1) is 40.6 Å². The summed E-state index contributed by atoms with van der Waals surface area (Å²) >= 11 is 1.25. The number of aromatic carboxylic acids is 1. The largest absolute Gasteiger partial charge is 0.494 e. The van der Waals surface area contributed by atoms with Gasteiger partial charge in [0, 0.05) is 5.56 Å². The Hall–Kier alpha value is -5.74. The standard InChI is InChI=1S/C38H32N2O7S/c1-3-45-29-20-16-27(17-21-29)34-32(37(44)46-4-2)33(26-8-6-5-7-9-26)39-38-40(34)35(41)31(48-38)22-24-12-18-30(19-13-24)47-23-25-10-14-28(15-11-25)36(42)43/h5-22,34H,3-4,23H2,1-2H3,(H,42,43)/b31-22+/t34-/m0/s1. The number of carboxylic acids is 1. The Balaban J connectivity index is 1.39. The van der Waals surface area contributed by atoms with Gasteiger partial charge in [0.15, 0.2) is 4.80 Å². The van der Waals surface area contributed by atoms with Crippen LogP contribution in [0.15, 0.2) is 118 Å². The topological polar surface area (TPSA) is 116 Å². The van der Waals surface area contributed by atoms with Crippen molar-refractivity contribution in [3.05, 3.63) is 156 Å². The van der Waals surface area contributed by atoms with Gasteiger partial charge >= 0.3 is 11.9 Å². The number of thiazole rings is 1. The van der Waals surface area contributed by atoms with Gasteiger partial charge in [-0.25, -0.2) is 14.6 Å². The second-order valence-corrected chi connectivity index (χ2v) is 11.8. The van der Waals surface area contributed by atoms with Crippen LogP contribution in [0.1, 0.15) is 52.5 Å². The van der Waals surface area contributed by atoms with Crippen molar-refractivity contribution in [2.75, 3.05) is 13.2 Å². The lowest BCUT2D eigenvalue weighted by molar-refractivity contribution is -0.138. The maximum atomic E-state index is 14.2. The molecule has 2 heterocycles. The van der Waals surface area contributed by atoms with Crippen LogP contribution in [0.25, 0.3) is 11.8 Å². The molecule has 1 aliphatic heterocycles. The molecule has 0 radical (unpaired) electrons. The van der Waals surface area contributed by atoms with Gasteiger partial charge in [-0.15, -0.1) is 0 Å². The molecular formula is C38H32N2O7S. The van der Waals surface area contributed by atoms with Crippen molar-refractivity contribution in [3.63, 3.8) is 0 Å². The lowest BCUT2D eigenvalue weighted by atomic mass is 9.93. The SMILES string of the molecule is CCOC(=O)C1=C(c2ccccc2)N=c2s/c(=C/c3ccc(OCc4ccc(C(=O)O)cc4)cc3)c(=O)n2[C@H]1c1ccc(OCC)cc1. The first-order valence-corrected chi connectivity index (χ1v) is 16.2. The van der Waals surface area contributed by atoms with Gasteiger partial charge in [-0.2, -0.15) is 0 Å². The first kappa shape index (κ1) is 32.2. The minimum atomic E-state index is -0.978. The first-order chi connectivity index (χ1) is 23.4. The van der Waals surface area contributed by atoms with Gasteiger partial charge in [-0.1, -0.05) is 78.1 Å². The van der Waals surface area contributed by atoms with Crippen LogP contribution in [-0.2, 0) is 16.1 Å². The van der Waals surface area contributed by atoms with E-state index in [1.54, 1.807) is 41.8 Å². The van der Waals surface area contributed by atoms with Crippen molar-refractivity contribution in [1.82, 2.24) is 4.57 Å². The zero-order valence-electron chi connectivity index (χ0n) is 26.3. The molecule has 48 heavy (non-hydrogen) atoms. The summed E-state index contributed by atoms with van der Waals surface area (Å²) in [5, 5.41) is 9.10. The molecule has 10 heteroatoms. The molecule has 4 aromatic carbocycles. The van der Waals surface area contributed by atoms with E-state index in [4.69, 9.17) is 24.3 Å². The highest BCUT2D eigenvalue weighted by Crippen LogP contribution is 2.35. The van der Waals surface area contributed by atoms with Crippen molar-refractivity contribution in [2.45, 2.75) is 26.5 Å². The predicted molar refractivity (Wildman–Crippen MR) is 183 cm³/mol. The summed E-state index contributed by atoms with van der Waals surface area (Å²) in [6, 6.07) is 29.9. The Labute approximate surface area is 280 Å². The second kappa shape index (κ2) is 14.4. The third-order valence-electron chi connectivity index (χ3n) is 7.66. The van der Waals surface area contributed by atoms with Crippen LogP contribution < -0.4 is 24.4 Å². The van der Waals surface area contributed by atoms with Crippen LogP contribution in [0.2, 0.25) is 0 Å². The molecule has 0 saturated carbocycles. The van der Waals surface area contributed by atoms with Crippen molar-refractivity contribution in [2.24, 2.45) is 4.99 Å². The molecule has 0 spiro atoms. The van der Waals surface area contributed by atoms with Crippen molar-refractivity contribution in [1.29, 1.82) is 0 Å². The van der Waals surface area contributed by atoms with Crippen molar-refractivity contribution < 1.29 is 28.9 Å². The van der Waals surface area contributed by atoms with E-state index in [1.165, 1.54) is 11.3 Å². The Morgan fingerprint density at radius 1 is 0.854 bits per heavy atom. The average molecular weight is 661 g/mol. The minimum Gasteiger partial charge on any atom is -0.494 e. The molecule has 1 atom stereocenters. The predicted octanol–water partition coefficient (Wildman–Crippen LogP) is 5.61. The van der Waals surface area contributed by atoms with Crippen LogP contribution in [0.3, 0.4) is 0 Å². The Morgan fingerprint density at radius 3 is 2.17 bits per heavy atom. The fraction of sp³-hybridized carbons (Fsp3) is 0.158. The fourth-order valence-corrected chi connectivity index (χ4v) is 6.39. The molecule has 5 aromatic rings. The van der Waals surface area contributed by atoms with E-state index < -0.39 is 18.0 Å². The summed E-state index contributed by atoms with van der Waals surface area (Å²) in [5.74, 6) is -0.213. The highest BCUT2D eigenvalue weighted by molar-refractivity contribution is 7.07. The molecule has 0 saturated heterocycles. The van der Waals surface area contributed by atoms with Crippen LogP contribution in [0, 0.1) is 0 Å². The van der Waals surface area contributed by atoms with E-state index in [0.717, 1.165) is 22.3 Å². The summed E-state index contributed by atoms with van der Waals surface area (Å²) in [4.78, 5) is 44.3. The van der Waals surface area contributed by atoms with Crippen LogP contribution >= 0.6 is 11.3 Å². The average Bonchev–Trinajstić information content (AvgIpc) is 3.42. The van der Waals surface area contributed by atoms with Gasteiger partial charge < -0.3 is 19.3 Å². The molecule has 0 amide bonds. The van der Waals surface area contributed by atoms with E-state index in [2.05, 4.69) is 0 Å². The number of aromatic nitrogens is 1. The Kier molecular flexibility index (Phi) is 9.63. The second-order valence-electron chi connectivity index (χ2n) is 10.8. The van der Waals surface area contributed by atoms with E-state index in [0.29, 0.717) is 33.1 Å². The molecule has 0 unspecified atom stereocenters. The fourth-order valence-electron chi connectivity index (χ4n) is 5.39. The molecular weight excluding hydrogens is 628 g/mol. The van der Waals surface area contributed by atoms with E-state index in [-0.39, 0.29) is 29.9 Å². The summed E-state index contributed by atoms with van der Waals surface area (Å²) in [7, 11) is 0. The molecule has 0 fully saturated rings. The van der Waals surface area contributed by atoms with E-state index in [9.17, 15) is 14.4 Å². The maximum Gasteiger partial charge on any atom is 0.338 e. The quantitative estimate of drug-likeness (QED) is 0.183. The first-order valence-electron chi connectivity index (χ1n) is 15.4. The lowest BCUT2D eigenvalue weighted by Crippen LogP contribution is -2.40. The normalized spacial score (nSPS) is 14.2. The number of hydrogen-bond donors (Lipinski definition) is 1. The molecule has 9 nitrogen and oxygen atoms in total. The van der Waals surface area contributed by atoms with Gasteiger partial charge in [0.2, 0.25) is 0 Å². The van der Waals surface area contributed by atoms with Gasteiger partial charge in [-0.05, 0) is 73.0 Å². The molecule has 242 valence electrons. The van der Waals surface area contributed by atoms with Crippen molar-refractivity contribution >= 4 is 35.0 Å². The summed E-state index contributed by atoms with van der Waals surface area (Å²) in [6.07, 6.45) is 1.80. The van der Waals surface area contributed by atoms with E-state index >= 15 is 0 Å². The van der Waals surface area contributed by atoms with Crippen LogP contribution in [0.5, 0.6) is 11.5 Å². The summed E-state index contributed by atoms with van der Waals surface area (Å²) < 4.78 is 19.1. The third-order valence-corrected chi connectivity index (χ3v) is 8.65. The summed E-state index contributed by atoms with van der Waals surface area (Å²) in [5.41, 5.74) is 3.75. The molecule has 1 aromatic heterocycles.